The lowest BCUT2D eigenvalue weighted by Gasteiger charge is -2.42. The molecule has 0 N–H and O–H groups in total. The van der Waals surface area contributed by atoms with Crippen LogP contribution in [-0.4, -0.2) is 89.3 Å². The van der Waals surface area contributed by atoms with E-state index in [1.165, 1.54) is 11.0 Å². The van der Waals surface area contributed by atoms with Crippen LogP contribution in [0.25, 0.3) is 0 Å². The van der Waals surface area contributed by atoms with Crippen LogP contribution in [-0.2, 0) is 14.3 Å². The molecule has 156 valence electrons. The number of carbonyl (C=O) groups is 3. The summed E-state index contributed by atoms with van der Waals surface area (Å²) in [7, 11) is 0. The van der Waals surface area contributed by atoms with E-state index in [0.717, 1.165) is 18.9 Å². The Hall–Kier alpha value is -2.95. The number of nitro groups is 1. The van der Waals surface area contributed by atoms with Gasteiger partial charge in [-0.1, -0.05) is 0 Å². The first-order valence-corrected chi connectivity index (χ1v) is 9.66. The maximum Gasteiger partial charge on any atom is 0.433 e. The molecule has 3 saturated heterocycles. The number of likely N-dealkylation sites (tertiary alicyclic amines) is 1. The predicted octanol–water partition coefficient (Wildman–Crippen LogP) is 0.110. The topological polar surface area (TPSA) is 126 Å². The number of nitrogens with zero attached hydrogens (tertiary/aromatic N) is 4. The third-order valence-electron chi connectivity index (χ3n) is 5.61. The van der Waals surface area contributed by atoms with Crippen molar-refractivity contribution >= 4 is 23.6 Å². The lowest BCUT2D eigenvalue weighted by Crippen LogP contribution is -2.59. The van der Waals surface area contributed by atoms with Gasteiger partial charge in [-0.2, -0.15) is 0 Å². The molecule has 0 radical (unpaired) electrons. The number of hydrogen-bond donors (Lipinski definition) is 0. The van der Waals surface area contributed by atoms with Crippen molar-refractivity contribution in [3.63, 3.8) is 0 Å². The van der Waals surface area contributed by atoms with Crippen LogP contribution in [0.4, 0.5) is 5.88 Å². The van der Waals surface area contributed by atoms with Gasteiger partial charge in [0, 0.05) is 45.9 Å². The van der Waals surface area contributed by atoms with E-state index in [1.54, 1.807) is 9.80 Å². The molecule has 3 amide bonds. The van der Waals surface area contributed by atoms with Crippen molar-refractivity contribution in [2.75, 3.05) is 45.9 Å². The highest BCUT2D eigenvalue weighted by Crippen LogP contribution is 2.24. The van der Waals surface area contributed by atoms with Crippen LogP contribution in [0, 0.1) is 16.0 Å². The molecule has 3 aliphatic rings. The first-order chi connectivity index (χ1) is 13.9. The van der Waals surface area contributed by atoms with Crippen LogP contribution in [0.3, 0.4) is 0 Å². The van der Waals surface area contributed by atoms with E-state index in [4.69, 9.17) is 9.15 Å². The maximum absolute atomic E-state index is 12.7. The Balaban J connectivity index is 1.24. The molecule has 1 aromatic rings. The third-order valence-corrected chi connectivity index (χ3v) is 5.61. The van der Waals surface area contributed by atoms with Gasteiger partial charge in [-0.05, 0) is 18.9 Å². The lowest BCUT2D eigenvalue weighted by molar-refractivity contribution is -0.402. The van der Waals surface area contributed by atoms with E-state index < -0.39 is 16.7 Å². The second kappa shape index (κ2) is 7.82. The fourth-order valence-corrected chi connectivity index (χ4v) is 3.88. The average Bonchev–Trinajstić information content (AvgIpc) is 3.38. The summed E-state index contributed by atoms with van der Waals surface area (Å²) in [6, 6.07) is 2.40. The van der Waals surface area contributed by atoms with Gasteiger partial charge < -0.3 is 23.9 Å². The van der Waals surface area contributed by atoms with Gasteiger partial charge in [0.1, 0.15) is 11.0 Å². The molecule has 1 aromatic heterocycles. The van der Waals surface area contributed by atoms with E-state index in [1.807, 2.05) is 0 Å². The monoisotopic (exact) mass is 406 g/mol. The zero-order chi connectivity index (χ0) is 20.5. The number of carbonyl (C=O) groups excluding carboxylic acids is 3. The van der Waals surface area contributed by atoms with Crippen LogP contribution in [0.15, 0.2) is 16.5 Å². The molecular weight excluding hydrogens is 384 g/mol. The number of amides is 3. The van der Waals surface area contributed by atoms with Crippen LogP contribution in [0.2, 0.25) is 0 Å². The van der Waals surface area contributed by atoms with Gasteiger partial charge in [-0.15, -0.1) is 0 Å². The molecule has 3 aliphatic heterocycles. The average molecular weight is 406 g/mol. The molecule has 0 aromatic carbocycles. The molecule has 3 fully saturated rings. The Morgan fingerprint density at radius 3 is 2.21 bits per heavy atom. The Labute approximate surface area is 166 Å². The number of hydrogen-bond acceptors (Lipinski definition) is 7. The van der Waals surface area contributed by atoms with Gasteiger partial charge >= 0.3 is 5.88 Å². The van der Waals surface area contributed by atoms with Crippen LogP contribution in [0.5, 0.6) is 0 Å². The molecule has 1 unspecified atom stereocenters. The van der Waals surface area contributed by atoms with Gasteiger partial charge in [0.15, 0.2) is 5.76 Å². The Bertz CT molecular complexity index is 818. The van der Waals surface area contributed by atoms with Crippen molar-refractivity contribution in [1.82, 2.24) is 14.7 Å². The quantitative estimate of drug-likeness (QED) is 0.513. The van der Waals surface area contributed by atoms with Gasteiger partial charge in [0.05, 0.1) is 12.0 Å². The summed E-state index contributed by atoms with van der Waals surface area (Å²) in [5.74, 6) is -1.40. The van der Waals surface area contributed by atoms with E-state index in [9.17, 15) is 24.5 Å². The largest absolute Gasteiger partial charge is 0.433 e. The van der Waals surface area contributed by atoms with Crippen LogP contribution < -0.4 is 0 Å². The van der Waals surface area contributed by atoms with E-state index in [0.29, 0.717) is 32.8 Å². The smallest absolute Gasteiger partial charge is 0.395 e. The molecule has 0 spiro atoms. The molecule has 11 nitrogen and oxygen atoms in total. The fraction of sp³-hybridized carbons (Fsp3) is 0.611. The number of piperazine rings is 1. The molecule has 4 rings (SSSR count). The first kappa shape index (κ1) is 19.4. The number of furan rings is 1. The highest BCUT2D eigenvalue weighted by atomic mass is 16.6. The first-order valence-electron chi connectivity index (χ1n) is 9.66. The van der Waals surface area contributed by atoms with E-state index in [2.05, 4.69) is 0 Å². The summed E-state index contributed by atoms with van der Waals surface area (Å²) in [6.45, 7) is 3.02. The van der Waals surface area contributed by atoms with Crippen molar-refractivity contribution in [2.24, 2.45) is 5.92 Å². The summed E-state index contributed by atoms with van der Waals surface area (Å²) >= 11 is 0. The second-order valence-corrected chi connectivity index (χ2v) is 7.45. The summed E-state index contributed by atoms with van der Waals surface area (Å²) in [4.78, 5) is 52.2. The van der Waals surface area contributed by atoms with E-state index in [-0.39, 0.29) is 42.7 Å². The highest BCUT2D eigenvalue weighted by Gasteiger charge is 2.40. The van der Waals surface area contributed by atoms with E-state index >= 15 is 0 Å². The minimum atomic E-state index is -0.706. The van der Waals surface area contributed by atoms with Gasteiger partial charge in [0.25, 0.3) is 11.8 Å². The Morgan fingerprint density at radius 2 is 1.66 bits per heavy atom. The molecule has 0 aliphatic carbocycles. The van der Waals surface area contributed by atoms with Gasteiger partial charge in [0.2, 0.25) is 5.91 Å². The van der Waals surface area contributed by atoms with Crippen molar-refractivity contribution in [2.45, 2.75) is 18.9 Å². The minimum Gasteiger partial charge on any atom is -0.395 e. The molecular formula is C18H22N4O7. The molecule has 29 heavy (non-hydrogen) atoms. The zero-order valence-corrected chi connectivity index (χ0v) is 15.8. The van der Waals surface area contributed by atoms with Crippen molar-refractivity contribution < 1.29 is 28.5 Å². The van der Waals surface area contributed by atoms with Gasteiger partial charge in [-0.25, -0.2) is 0 Å². The van der Waals surface area contributed by atoms with Crippen molar-refractivity contribution in [1.29, 1.82) is 0 Å². The summed E-state index contributed by atoms with van der Waals surface area (Å²) in [5, 5.41) is 10.7. The summed E-state index contributed by atoms with van der Waals surface area (Å²) < 4.78 is 10.4. The Kier molecular flexibility index (Phi) is 5.22. The van der Waals surface area contributed by atoms with Crippen LogP contribution in [0.1, 0.15) is 23.4 Å². The van der Waals surface area contributed by atoms with Crippen LogP contribution >= 0.6 is 0 Å². The standard InChI is InChI=1S/C18H22N4O7/c23-16(19-5-7-20(8-6-19)17(24)13-2-1-9-28-13)12-10-21(11-12)18(25)14-3-4-15(29-14)22(26)27/h3-4,12-13H,1-2,5-11H2. The summed E-state index contributed by atoms with van der Waals surface area (Å²) in [6.07, 6.45) is 1.31. The fourth-order valence-electron chi connectivity index (χ4n) is 3.88. The van der Waals surface area contributed by atoms with Gasteiger partial charge in [-0.3, -0.25) is 24.5 Å². The SMILES string of the molecule is O=C(c1ccc([N+](=O)[O-])o1)N1CC(C(=O)N2CCN(C(=O)C3CCCO3)CC2)C1. The van der Waals surface area contributed by atoms with Crippen molar-refractivity contribution in [3.8, 4) is 0 Å². The molecule has 11 heteroatoms. The molecule has 0 saturated carbocycles. The van der Waals surface area contributed by atoms with Crippen molar-refractivity contribution in [3.05, 3.63) is 28.0 Å². The minimum absolute atomic E-state index is 0.00237. The molecule has 1 atom stereocenters. The second-order valence-electron chi connectivity index (χ2n) is 7.45. The lowest BCUT2D eigenvalue weighted by atomic mass is 9.97. The third kappa shape index (κ3) is 3.82. The summed E-state index contributed by atoms with van der Waals surface area (Å²) in [5.41, 5.74) is 0. The highest BCUT2D eigenvalue weighted by molar-refractivity contribution is 5.94. The normalized spacial score (nSPS) is 22.5. The zero-order valence-electron chi connectivity index (χ0n) is 15.8. The predicted molar refractivity (Wildman–Crippen MR) is 96.9 cm³/mol. The molecule has 4 heterocycles. The maximum atomic E-state index is 12.7. The molecule has 0 bridgehead atoms. The number of ether oxygens (including phenoxy) is 1. The Morgan fingerprint density at radius 1 is 1.00 bits per heavy atom. The number of rotatable bonds is 4.